The zero-order valence-corrected chi connectivity index (χ0v) is 34.0. The molecule has 1 saturated heterocycles. The smallest absolute Gasteiger partial charge is 0.408 e. The Kier molecular flexibility index (Phi) is 15.7. The van der Waals surface area contributed by atoms with Crippen LogP contribution in [0.5, 0.6) is 0 Å². The fraction of sp³-hybridized carbons (Fsp3) is 0.500. The summed E-state index contributed by atoms with van der Waals surface area (Å²) in [5.74, 6) is -6.97. The van der Waals surface area contributed by atoms with Crippen molar-refractivity contribution in [1.29, 1.82) is 0 Å². The van der Waals surface area contributed by atoms with Gasteiger partial charge in [0.05, 0.1) is 12.6 Å². The molecule has 4 atom stereocenters. The van der Waals surface area contributed by atoms with Gasteiger partial charge in [-0.3, -0.25) is 24.0 Å². The van der Waals surface area contributed by atoms with Crippen LogP contribution in [0.2, 0.25) is 0 Å². The minimum Gasteiger partial charge on any atom is -0.478 e. The maximum atomic E-state index is 14.5. The molecule has 0 radical (unpaired) electrons. The number of nitrogens with zero attached hydrogens (tertiary/aromatic N) is 2. The zero-order valence-electron chi connectivity index (χ0n) is 32.5. The molecule has 0 bridgehead atoms. The van der Waals surface area contributed by atoms with Crippen LogP contribution >= 0.6 is 15.9 Å². The monoisotopic (exact) mass is 855 g/mol. The molecule has 2 aliphatic rings. The number of amides is 6. The van der Waals surface area contributed by atoms with E-state index in [1.807, 2.05) is 0 Å². The summed E-state index contributed by atoms with van der Waals surface area (Å²) >= 11 is 3.38. The Labute approximate surface area is 339 Å². The van der Waals surface area contributed by atoms with Crippen LogP contribution < -0.4 is 16.0 Å². The summed E-state index contributed by atoms with van der Waals surface area (Å²) in [6.07, 6.45) is 1.52. The lowest BCUT2D eigenvalue weighted by atomic mass is 9.83. The maximum Gasteiger partial charge on any atom is 0.408 e. The molecule has 3 unspecified atom stereocenters. The van der Waals surface area contributed by atoms with Crippen molar-refractivity contribution in [2.24, 2.45) is 5.92 Å². The third-order valence-electron chi connectivity index (χ3n) is 9.47. The molecular weight excluding hydrogens is 806 g/mol. The minimum atomic E-state index is -1.65. The highest BCUT2D eigenvalue weighted by Crippen LogP contribution is 2.30. The van der Waals surface area contributed by atoms with Crippen LogP contribution in [0.1, 0.15) is 89.9 Å². The first-order chi connectivity index (χ1) is 27.0. The number of ketones is 1. The largest absolute Gasteiger partial charge is 0.478 e. The average molecular weight is 857 g/mol. The number of benzene rings is 2. The first-order valence-corrected chi connectivity index (χ1v) is 19.7. The fourth-order valence-electron chi connectivity index (χ4n) is 6.76. The van der Waals surface area contributed by atoms with Gasteiger partial charge in [-0.25, -0.2) is 19.3 Å². The highest BCUT2D eigenvalue weighted by Gasteiger charge is 2.49. The Bertz CT molecular complexity index is 1790. The number of esters is 1. The number of carboxylic acid groups (broad SMARTS) is 1. The summed E-state index contributed by atoms with van der Waals surface area (Å²) in [6, 6.07) is 9.95. The Hall–Kier alpha value is -5.32. The number of carbonyl (C=O) groups excluding carboxylic acids is 7. The Balaban J connectivity index is 1.54. The summed E-state index contributed by atoms with van der Waals surface area (Å²) in [5.41, 5.74) is 0.0163. The summed E-state index contributed by atoms with van der Waals surface area (Å²) in [7, 11) is 0. The van der Waals surface area contributed by atoms with Crippen LogP contribution in [-0.4, -0.2) is 99.3 Å². The lowest BCUT2D eigenvalue weighted by Gasteiger charge is -2.34. The van der Waals surface area contributed by atoms with Gasteiger partial charge in [0.2, 0.25) is 17.8 Å². The van der Waals surface area contributed by atoms with Crippen molar-refractivity contribution in [2.75, 3.05) is 13.1 Å². The van der Waals surface area contributed by atoms with E-state index in [9.17, 15) is 43.5 Å². The first kappa shape index (κ1) is 44.4. The molecule has 4 rings (SSSR count). The predicted octanol–water partition coefficient (Wildman–Crippen LogP) is 4.39. The van der Waals surface area contributed by atoms with Crippen molar-refractivity contribution in [2.45, 2.75) is 109 Å². The van der Waals surface area contributed by atoms with Gasteiger partial charge in [0.15, 0.2) is 0 Å². The molecule has 17 heteroatoms. The summed E-state index contributed by atoms with van der Waals surface area (Å²) < 4.78 is 11.3. The molecule has 1 aliphatic heterocycles. The molecular formula is C40H50BrN5O11. The van der Waals surface area contributed by atoms with Crippen molar-refractivity contribution in [1.82, 2.24) is 25.8 Å². The SMILES string of the molecule is CCCC(NC(=O)C1CN(Cc2ccc(Br)cc2)C(=O)N1C(=O)C(NC(=O)OC(C)(C)C)C1CCCCC1)C(=O)C(=O)NCC(=O)O[C@H](C(=O)O)c1ccccc1. The van der Waals surface area contributed by atoms with Crippen LogP contribution in [0, 0.1) is 5.92 Å². The van der Waals surface area contributed by atoms with Gasteiger partial charge in [-0.15, -0.1) is 0 Å². The van der Waals surface area contributed by atoms with Crippen molar-refractivity contribution < 1.29 is 52.9 Å². The van der Waals surface area contributed by atoms with E-state index in [2.05, 4.69) is 31.9 Å². The molecule has 308 valence electrons. The van der Waals surface area contributed by atoms with Gasteiger partial charge in [0.25, 0.3) is 11.8 Å². The molecule has 2 fully saturated rings. The van der Waals surface area contributed by atoms with Crippen molar-refractivity contribution >= 4 is 63.5 Å². The van der Waals surface area contributed by atoms with Crippen molar-refractivity contribution in [3.8, 4) is 0 Å². The summed E-state index contributed by atoms with van der Waals surface area (Å²) in [5, 5.41) is 16.9. The minimum absolute atomic E-state index is 0.0142. The fourth-order valence-corrected chi connectivity index (χ4v) is 7.03. The van der Waals surface area contributed by atoms with Gasteiger partial charge in [-0.05, 0) is 63.6 Å². The third-order valence-corrected chi connectivity index (χ3v) is 10.00. The zero-order chi connectivity index (χ0) is 41.9. The van der Waals surface area contributed by atoms with Gasteiger partial charge in [-0.1, -0.05) is 91.0 Å². The number of nitrogens with one attached hydrogen (secondary N) is 3. The second-order valence-corrected chi connectivity index (χ2v) is 16.0. The molecule has 1 saturated carbocycles. The highest BCUT2D eigenvalue weighted by atomic mass is 79.9. The molecule has 1 aliphatic carbocycles. The second kappa shape index (κ2) is 20.2. The average Bonchev–Trinajstić information content (AvgIpc) is 3.50. The van der Waals surface area contributed by atoms with E-state index in [1.165, 1.54) is 17.0 Å². The number of urea groups is 1. The number of rotatable bonds is 16. The number of ether oxygens (including phenoxy) is 2. The van der Waals surface area contributed by atoms with Gasteiger partial charge < -0.3 is 35.4 Å². The van der Waals surface area contributed by atoms with Crippen molar-refractivity contribution in [3.05, 3.63) is 70.2 Å². The Morgan fingerprint density at radius 3 is 2.18 bits per heavy atom. The Morgan fingerprint density at radius 1 is 0.930 bits per heavy atom. The quantitative estimate of drug-likeness (QED) is 0.137. The van der Waals surface area contributed by atoms with Crippen LogP contribution in [0.4, 0.5) is 9.59 Å². The molecule has 1 heterocycles. The van der Waals surface area contributed by atoms with Gasteiger partial charge >= 0.3 is 24.1 Å². The lowest BCUT2D eigenvalue weighted by molar-refractivity contribution is -0.164. The van der Waals surface area contributed by atoms with E-state index >= 15 is 0 Å². The van der Waals surface area contributed by atoms with E-state index in [0.717, 1.165) is 28.6 Å². The number of hydrogen-bond donors (Lipinski definition) is 4. The topological polar surface area (TPSA) is 218 Å². The van der Waals surface area contributed by atoms with Crippen LogP contribution in [-0.2, 0) is 44.8 Å². The number of hydrogen-bond acceptors (Lipinski definition) is 10. The number of Topliss-reactive ketones (excluding diaryl/α,β-unsaturated/α-hetero) is 1. The highest BCUT2D eigenvalue weighted by molar-refractivity contribution is 9.10. The van der Waals surface area contributed by atoms with Crippen molar-refractivity contribution in [3.63, 3.8) is 0 Å². The Morgan fingerprint density at radius 2 is 1.58 bits per heavy atom. The van der Waals surface area contributed by atoms with E-state index in [0.29, 0.717) is 24.8 Å². The van der Waals surface area contributed by atoms with E-state index < -0.39 is 83.9 Å². The predicted molar refractivity (Wildman–Crippen MR) is 208 cm³/mol. The number of alkyl carbamates (subject to hydrolysis) is 1. The third kappa shape index (κ3) is 12.6. The summed E-state index contributed by atoms with van der Waals surface area (Å²) in [6.45, 7) is 5.68. The summed E-state index contributed by atoms with van der Waals surface area (Å²) in [4.78, 5) is 109. The molecule has 57 heavy (non-hydrogen) atoms. The second-order valence-electron chi connectivity index (χ2n) is 15.1. The molecule has 16 nitrogen and oxygen atoms in total. The first-order valence-electron chi connectivity index (χ1n) is 18.9. The molecule has 4 N–H and O–H groups in total. The van der Waals surface area contributed by atoms with Gasteiger partial charge in [0.1, 0.15) is 24.2 Å². The van der Waals surface area contributed by atoms with E-state index in [1.54, 1.807) is 70.2 Å². The number of aliphatic carboxylic acids is 1. The normalized spacial score (nSPS) is 17.5. The van der Waals surface area contributed by atoms with Gasteiger partial charge in [-0.2, -0.15) is 0 Å². The number of carbonyl (C=O) groups is 8. The van der Waals surface area contributed by atoms with E-state index in [4.69, 9.17) is 9.47 Å². The van der Waals surface area contributed by atoms with Crippen LogP contribution in [0.3, 0.4) is 0 Å². The van der Waals surface area contributed by atoms with Gasteiger partial charge in [0, 0.05) is 16.6 Å². The molecule has 0 spiro atoms. The lowest BCUT2D eigenvalue weighted by Crippen LogP contribution is -2.59. The standard InChI is InChI=1S/C40H50BrN5O11/c1-5-12-28(32(48)35(50)42-21-30(47)56-33(37(52)53)26-15-10-7-11-16-26)43-34(49)29-23-45(22-24-17-19-27(41)20-18-24)39(55)46(29)36(51)31(25-13-8-6-9-14-25)44-38(54)57-40(2,3)4/h7,10-11,15-20,25,28-29,31,33H,5-6,8-9,12-14,21-23H2,1-4H3,(H,42,50)(H,43,49)(H,44,54)(H,52,53)/t28?,29?,31?,33-/m0/s1. The molecule has 2 aromatic carbocycles. The maximum absolute atomic E-state index is 14.5. The van der Waals surface area contributed by atoms with Crippen LogP contribution in [0.25, 0.3) is 0 Å². The molecule has 6 amide bonds. The van der Waals surface area contributed by atoms with Crippen LogP contribution in [0.15, 0.2) is 59.1 Å². The van der Waals surface area contributed by atoms with E-state index in [-0.39, 0.29) is 31.0 Å². The number of carboxylic acids is 1. The molecule has 2 aromatic rings. The number of halogens is 1. The molecule has 0 aromatic heterocycles. The number of imide groups is 1.